The van der Waals surface area contributed by atoms with Gasteiger partial charge in [0.2, 0.25) is 5.95 Å². The van der Waals surface area contributed by atoms with Crippen molar-refractivity contribution in [3.8, 4) is 0 Å². The highest BCUT2D eigenvalue weighted by molar-refractivity contribution is 7.17. The van der Waals surface area contributed by atoms with E-state index in [1.54, 1.807) is 12.3 Å². The molecule has 0 saturated carbocycles. The first kappa shape index (κ1) is 10.6. The van der Waals surface area contributed by atoms with Crippen LogP contribution in [0.3, 0.4) is 0 Å². The average molecular weight is 239 g/mol. The molecule has 0 fully saturated rings. The molecule has 0 saturated heterocycles. The van der Waals surface area contributed by atoms with Gasteiger partial charge in [0.25, 0.3) is 5.56 Å². The number of rotatable bonds is 2. The fourth-order valence-corrected chi connectivity index (χ4v) is 2.26. The van der Waals surface area contributed by atoms with Crippen LogP contribution in [0.1, 0.15) is 17.3 Å². The minimum atomic E-state index is -0.522. The maximum absolute atomic E-state index is 11.6. The highest BCUT2D eigenvalue weighted by atomic mass is 32.1. The van der Waals surface area contributed by atoms with Crippen LogP contribution < -0.4 is 11.3 Å². The van der Waals surface area contributed by atoms with Crippen LogP contribution in [0.2, 0.25) is 0 Å². The molecule has 0 radical (unpaired) electrons. The van der Waals surface area contributed by atoms with E-state index in [0.717, 1.165) is 0 Å². The predicted molar refractivity (Wildman–Crippen MR) is 60.6 cm³/mol. The van der Waals surface area contributed by atoms with Crippen LogP contribution in [0.25, 0.3) is 10.2 Å². The molecule has 0 aliphatic heterocycles. The van der Waals surface area contributed by atoms with E-state index in [2.05, 4.69) is 9.97 Å². The van der Waals surface area contributed by atoms with Crippen molar-refractivity contribution >= 4 is 33.5 Å². The first-order chi connectivity index (χ1) is 7.63. The number of nitrogen functional groups attached to an aromatic ring is 1. The standard InChI is InChI=1S/C9H9N3O3S/c1-2-15-8(14)4-3-16-7-5(4)6(13)11-9(10)12-7/h3H,2H2,1H3,(H3,10,11,12,13). The lowest BCUT2D eigenvalue weighted by Crippen LogP contribution is -2.13. The smallest absolute Gasteiger partial charge is 0.339 e. The Kier molecular flexibility index (Phi) is 2.61. The number of nitrogens with one attached hydrogen (secondary N) is 1. The number of H-pyrrole nitrogens is 1. The Morgan fingerprint density at radius 3 is 3.12 bits per heavy atom. The molecular formula is C9H9N3O3S. The second-order valence-corrected chi connectivity index (χ2v) is 3.88. The van der Waals surface area contributed by atoms with Crippen molar-refractivity contribution in [2.75, 3.05) is 12.3 Å². The number of esters is 1. The highest BCUT2D eigenvalue weighted by Gasteiger charge is 2.17. The molecule has 84 valence electrons. The molecule has 0 bridgehead atoms. The summed E-state index contributed by atoms with van der Waals surface area (Å²) >= 11 is 1.22. The third kappa shape index (κ3) is 1.65. The molecule has 0 aromatic carbocycles. The molecule has 3 N–H and O–H groups in total. The lowest BCUT2D eigenvalue weighted by atomic mass is 10.2. The van der Waals surface area contributed by atoms with E-state index in [-0.39, 0.29) is 23.5 Å². The summed E-state index contributed by atoms with van der Waals surface area (Å²) in [5.41, 5.74) is 5.11. The number of fused-ring (bicyclic) bond motifs is 1. The summed E-state index contributed by atoms with van der Waals surface area (Å²) in [6, 6.07) is 0. The van der Waals surface area contributed by atoms with Crippen molar-refractivity contribution in [1.82, 2.24) is 9.97 Å². The average Bonchev–Trinajstić information content (AvgIpc) is 2.61. The molecule has 0 aliphatic rings. The Bertz CT molecular complexity index is 602. The van der Waals surface area contributed by atoms with Crippen molar-refractivity contribution < 1.29 is 9.53 Å². The number of carbonyl (C=O) groups excluding carboxylic acids is 1. The summed E-state index contributed by atoms with van der Waals surface area (Å²) in [5.74, 6) is -0.486. The molecular weight excluding hydrogens is 230 g/mol. The molecule has 16 heavy (non-hydrogen) atoms. The van der Waals surface area contributed by atoms with Crippen LogP contribution in [0, 0.1) is 0 Å². The van der Waals surface area contributed by atoms with Crippen LogP contribution in [0.15, 0.2) is 10.2 Å². The van der Waals surface area contributed by atoms with Gasteiger partial charge < -0.3 is 15.5 Å². The van der Waals surface area contributed by atoms with Gasteiger partial charge in [0.05, 0.1) is 17.6 Å². The number of ether oxygens (including phenoxy) is 1. The summed E-state index contributed by atoms with van der Waals surface area (Å²) < 4.78 is 4.84. The van der Waals surface area contributed by atoms with Crippen molar-refractivity contribution in [2.24, 2.45) is 0 Å². The van der Waals surface area contributed by atoms with Crippen LogP contribution in [0.4, 0.5) is 5.95 Å². The van der Waals surface area contributed by atoms with Crippen molar-refractivity contribution in [3.05, 3.63) is 21.3 Å². The van der Waals surface area contributed by atoms with E-state index in [4.69, 9.17) is 10.5 Å². The zero-order valence-electron chi connectivity index (χ0n) is 8.44. The van der Waals surface area contributed by atoms with Gasteiger partial charge in [0.15, 0.2) is 0 Å². The van der Waals surface area contributed by atoms with E-state index >= 15 is 0 Å². The van der Waals surface area contributed by atoms with Gasteiger partial charge in [-0.2, -0.15) is 4.98 Å². The van der Waals surface area contributed by atoms with E-state index in [9.17, 15) is 9.59 Å². The van der Waals surface area contributed by atoms with Gasteiger partial charge in [-0.05, 0) is 6.92 Å². The quantitative estimate of drug-likeness (QED) is 0.753. The van der Waals surface area contributed by atoms with Crippen molar-refractivity contribution in [1.29, 1.82) is 0 Å². The number of hydrogen-bond acceptors (Lipinski definition) is 6. The third-order valence-corrected chi connectivity index (χ3v) is 2.86. The zero-order chi connectivity index (χ0) is 11.7. The predicted octanol–water partition coefficient (Wildman–Crippen LogP) is 0.744. The number of aromatic amines is 1. The summed E-state index contributed by atoms with van der Waals surface area (Å²) in [4.78, 5) is 29.9. The SMILES string of the molecule is CCOC(=O)c1csc2[nH]c(N)nc(=O)c12. The molecule has 0 spiro atoms. The lowest BCUT2D eigenvalue weighted by molar-refractivity contribution is 0.0529. The monoisotopic (exact) mass is 239 g/mol. The van der Waals surface area contributed by atoms with Crippen molar-refractivity contribution in [2.45, 2.75) is 6.92 Å². The number of nitrogens with zero attached hydrogens (tertiary/aromatic N) is 1. The minimum Gasteiger partial charge on any atom is -0.462 e. The van der Waals surface area contributed by atoms with E-state index in [1.807, 2.05) is 0 Å². The molecule has 2 heterocycles. The molecule has 0 aliphatic carbocycles. The fourth-order valence-electron chi connectivity index (χ4n) is 1.33. The van der Waals surface area contributed by atoms with Gasteiger partial charge in [-0.25, -0.2) is 4.79 Å². The van der Waals surface area contributed by atoms with Crippen LogP contribution in [-0.4, -0.2) is 22.5 Å². The Hall–Kier alpha value is -1.89. The molecule has 2 aromatic heterocycles. The minimum absolute atomic E-state index is 0.0368. The second kappa shape index (κ2) is 3.93. The van der Waals surface area contributed by atoms with E-state index < -0.39 is 11.5 Å². The maximum atomic E-state index is 11.6. The van der Waals surface area contributed by atoms with Crippen LogP contribution >= 0.6 is 11.3 Å². The molecule has 2 aromatic rings. The van der Waals surface area contributed by atoms with Crippen LogP contribution in [-0.2, 0) is 4.74 Å². The van der Waals surface area contributed by atoms with Gasteiger partial charge in [-0.15, -0.1) is 11.3 Å². The molecule has 0 unspecified atom stereocenters. The molecule has 2 rings (SSSR count). The summed E-state index contributed by atoms with van der Waals surface area (Å²) in [7, 11) is 0. The van der Waals surface area contributed by atoms with Gasteiger partial charge in [0, 0.05) is 5.38 Å². The van der Waals surface area contributed by atoms with Crippen molar-refractivity contribution in [3.63, 3.8) is 0 Å². The number of nitrogens with two attached hydrogens (primary N) is 1. The fraction of sp³-hybridized carbons (Fsp3) is 0.222. The Morgan fingerprint density at radius 1 is 1.69 bits per heavy atom. The molecule has 0 amide bonds. The molecule has 0 atom stereocenters. The zero-order valence-corrected chi connectivity index (χ0v) is 9.26. The van der Waals surface area contributed by atoms with E-state index in [1.165, 1.54) is 11.3 Å². The summed E-state index contributed by atoms with van der Waals surface area (Å²) in [6.45, 7) is 1.96. The lowest BCUT2D eigenvalue weighted by Gasteiger charge is -1.99. The number of hydrogen-bond donors (Lipinski definition) is 2. The normalized spacial score (nSPS) is 10.6. The Labute approximate surface area is 94.1 Å². The first-order valence-corrected chi connectivity index (χ1v) is 5.45. The summed E-state index contributed by atoms with van der Waals surface area (Å²) in [6.07, 6.45) is 0. The maximum Gasteiger partial charge on any atom is 0.339 e. The third-order valence-electron chi connectivity index (χ3n) is 1.96. The summed E-state index contributed by atoms with van der Waals surface area (Å²) in [5, 5.41) is 1.79. The van der Waals surface area contributed by atoms with Gasteiger partial charge >= 0.3 is 5.97 Å². The number of thiophene rings is 1. The van der Waals surface area contributed by atoms with Gasteiger partial charge in [-0.3, -0.25) is 4.79 Å². The molecule has 6 nitrogen and oxygen atoms in total. The van der Waals surface area contributed by atoms with Gasteiger partial charge in [-0.1, -0.05) is 0 Å². The second-order valence-electron chi connectivity index (χ2n) is 3.00. The number of carbonyl (C=O) groups is 1. The number of aromatic nitrogens is 2. The number of anilines is 1. The topological polar surface area (TPSA) is 98.1 Å². The Balaban J connectivity index is 2.65. The molecule has 7 heteroatoms. The van der Waals surface area contributed by atoms with Gasteiger partial charge in [0.1, 0.15) is 4.83 Å². The largest absolute Gasteiger partial charge is 0.462 e. The van der Waals surface area contributed by atoms with Crippen LogP contribution in [0.5, 0.6) is 0 Å². The van der Waals surface area contributed by atoms with E-state index in [0.29, 0.717) is 4.83 Å². The Morgan fingerprint density at radius 2 is 2.44 bits per heavy atom. The highest BCUT2D eigenvalue weighted by Crippen LogP contribution is 2.21. The first-order valence-electron chi connectivity index (χ1n) is 4.57.